The van der Waals surface area contributed by atoms with Gasteiger partial charge in [-0.2, -0.15) is 0 Å². The molecule has 1 heterocycles. The van der Waals surface area contributed by atoms with E-state index in [2.05, 4.69) is 11.9 Å². The molecule has 4 heteroatoms. The first-order valence-electron chi connectivity index (χ1n) is 6.01. The van der Waals surface area contributed by atoms with Crippen molar-refractivity contribution in [3.05, 3.63) is 24.0 Å². The lowest BCUT2D eigenvalue weighted by Crippen LogP contribution is -2.28. The van der Waals surface area contributed by atoms with Crippen LogP contribution in [0.1, 0.15) is 6.42 Å². The molecule has 1 aliphatic rings. The van der Waals surface area contributed by atoms with Crippen LogP contribution in [-0.4, -0.2) is 38.6 Å². The first kappa shape index (κ1) is 12.2. The quantitative estimate of drug-likeness (QED) is 0.814. The molecule has 1 fully saturated rings. The summed E-state index contributed by atoms with van der Waals surface area (Å²) in [5.41, 5.74) is 6.87. The van der Waals surface area contributed by atoms with Crippen molar-refractivity contribution in [2.75, 3.05) is 44.4 Å². The van der Waals surface area contributed by atoms with Crippen LogP contribution in [0.2, 0.25) is 0 Å². The fourth-order valence-corrected chi connectivity index (χ4v) is 2.59. The van der Waals surface area contributed by atoms with E-state index in [1.54, 1.807) is 12.1 Å². The molecule has 0 aromatic heterocycles. The van der Waals surface area contributed by atoms with E-state index in [0.29, 0.717) is 17.3 Å². The lowest BCUT2D eigenvalue weighted by Gasteiger charge is -2.24. The van der Waals surface area contributed by atoms with Crippen LogP contribution < -0.4 is 10.6 Å². The third-order valence-corrected chi connectivity index (χ3v) is 3.42. The second-order valence-corrected chi connectivity index (χ2v) is 4.98. The fraction of sp³-hybridized carbons (Fsp3) is 0.538. The zero-order chi connectivity index (χ0) is 12.4. The number of hydrogen-bond acceptors (Lipinski definition) is 3. The number of hydrogen-bond donors (Lipinski definition) is 1. The minimum Gasteiger partial charge on any atom is -0.397 e. The summed E-state index contributed by atoms with van der Waals surface area (Å²) in [6.45, 7) is 3.07. The van der Waals surface area contributed by atoms with Crippen molar-refractivity contribution in [3.63, 3.8) is 0 Å². The van der Waals surface area contributed by atoms with Gasteiger partial charge in [-0.05, 0) is 38.1 Å². The van der Waals surface area contributed by atoms with Gasteiger partial charge >= 0.3 is 0 Å². The maximum atomic E-state index is 13.7. The van der Waals surface area contributed by atoms with Crippen molar-refractivity contribution in [3.8, 4) is 0 Å². The molecule has 1 aliphatic heterocycles. The molecule has 1 atom stereocenters. The molecule has 2 rings (SSSR count). The van der Waals surface area contributed by atoms with Crippen LogP contribution in [0.25, 0.3) is 0 Å². The maximum Gasteiger partial charge on any atom is 0.148 e. The van der Waals surface area contributed by atoms with Crippen molar-refractivity contribution < 1.29 is 4.39 Å². The topological polar surface area (TPSA) is 32.5 Å². The van der Waals surface area contributed by atoms with E-state index >= 15 is 0 Å². The number of nitrogens with zero attached hydrogens (tertiary/aromatic N) is 2. The van der Waals surface area contributed by atoms with E-state index in [0.717, 1.165) is 19.6 Å². The lowest BCUT2D eigenvalue weighted by molar-refractivity contribution is 0.395. The number of halogens is 1. The summed E-state index contributed by atoms with van der Waals surface area (Å²) in [6, 6.07) is 4.85. The van der Waals surface area contributed by atoms with Crippen molar-refractivity contribution in [2.24, 2.45) is 5.92 Å². The van der Waals surface area contributed by atoms with Gasteiger partial charge < -0.3 is 15.5 Å². The van der Waals surface area contributed by atoms with E-state index in [9.17, 15) is 4.39 Å². The van der Waals surface area contributed by atoms with Crippen LogP contribution in [0.3, 0.4) is 0 Å². The zero-order valence-electron chi connectivity index (χ0n) is 10.5. The molecule has 0 amide bonds. The summed E-state index contributed by atoms with van der Waals surface area (Å²) in [4.78, 5) is 4.25. The van der Waals surface area contributed by atoms with Crippen LogP contribution in [0.15, 0.2) is 18.2 Å². The van der Waals surface area contributed by atoms with Crippen LogP contribution in [0.4, 0.5) is 15.8 Å². The normalized spacial score (nSPS) is 20.8. The van der Waals surface area contributed by atoms with Crippen LogP contribution in [-0.2, 0) is 0 Å². The first-order valence-corrected chi connectivity index (χ1v) is 6.01. The summed E-state index contributed by atoms with van der Waals surface area (Å²) >= 11 is 0. The number of para-hydroxylation sites is 1. The van der Waals surface area contributed by atoms with Gasteiger partial charge in [0.2, 0.25) is 0 Å². The molecule has 1 unspecified atom stereocenters. The molecular weight excluding hydrogens is 217 g/mol. The van der Waals surface area contributed by atoms with E-state index in [1.165, 1.54) is 12.5 Å². The standard InChI is InChI=1S/C13H20FN3/c1-16-7-6-10(8-16)9-17(2)13-11(14)4-3-5-12(13)15/h3-5,10H,6-9,15H2,1-2H3. The second-order valence-electron chi connectivity index (χ2n) is 4.98. The fourth-order valence-electron chi connectivity index (χ4n) is 2.59. The Kier molecular flexibility index (Phi) is 3.52. The van der Waals surface area contributed by atoms with Gasteiger partial charge in [0.1, 0.15) is 5.82 Å². The third kappa shape index (κ3) is 2.69. The predicted molar refractivity (Wildman–Crippen MR) is 69.7 cm³/mol. The van der Waals surface area contributed by atoms with Crippen molar-refractivity contribution >= 4 is 11.4 Å². The molecule has 17 heavy (non-hydrogen) atoms. The van der Waals surface area contributed by atoms with Gasteiger partial charge in [0.05, 0.1) is 11.4 Å². The van der Waals surface area contributed by atoms with Crippen molar-refractivity contribution in [2.45, 2.75) is 6.42 Å². The van der Waals surface area contributed by atoms with Gasteiger partial charge in [-0.3, -0.25) is 0 Å². The first-order chi connectivity index (χ1) is 8.08. The molecule has 94 valence electrons. The van der Waals surface area contributed by atoms with E-state index in [4.69, 9.17) is 5.73 Å². The predicted octanol–water partition coefficient (Wildman–Crippen LogP) is 1.80. The lowest BCUT2D eigenvalue weighted by atomic mass is 10.1. The maximum absolute atomic E-state index is 13.7. The van der Waals surface area contributed by atoms with E-state index < -0.39 is 0 Å². The Hall–Kier alpha value is -1.29. The molecule has 3 nitrogen and oxygen atoms in total. The molecule has 0 aliphatic carbocycles. The molecule has 0 spiro atoms. The Morgan fingerprint density at radius 2 is 2.29 bits per heavy atom. The Morgan fingerprint density at radius 3 is 2.88 bits per heavy atom. The molecule has 0 saturated carbocycles. The van der Waals surface area contributed by atoms with Crippen LogP contribution in [0.5, 0.6) is 0 Å². The summed E-state index contributed by atoms with van der Waals surface area (Å²) in [5, 5.41) is 0. The third-order valence-electron chi connectivity index (χ3n) is 3.42. The van der Waals surface area contributed by atoms with Gasteiger partial charge in [0.25, 0.3) is 0 Å². The van der Waals surface area contributed by atoms with Gasteiger partial charge in [-0.1, -0.05) is 6.07 Å². The summed E-state index contributed by atoms with van der Waals surface area (Å²) in [5.74, 6) is 0.364. The Bertz CT molecular complexity index is 374. The summed E-state index contributed by atoms with van der Waals surface area (Å²) in [7, 11) is 4.03. The Labute approximate surface area is 102 Å². The highest BCUT2D eigenvalue weighted by Gasteiger charge is 2.22. The highest BCUT2D eigenvalue weighted by atomic mass is 19.1. The number of benzene rings is 1. The number of anilines is 2. The highest BCUT2D eigenvalue weighted by molar-refractivity contribution is 5.67. The van der Waals surface area contributed by atoms with Crippen LogP contribution in [0, 0.1) is 11.7 Å². The molecule has 1 aromatic rings. The average Bonchev–Trinajstić information content (AvgIpc) is 2.63. The van der Waals surface area contributed by atoms with Crippen LogP contribution >= 0.6 is 0 Å². The molecule has 0 bridgehead atoms. The largest absolute Gasteiger partial charge is 0.397 e. The molecule has 1 aromatic carbocycles. The molecular formula is C13H20FN3. The number of nitrogens with two attached hydrogens (primary N) is 1. The van der Waals surface area contributed by atoms with E-state index in [-0.39, 0.29) is 5.82 Å². The van der Waals surface area contributed by atoms with Gasteiger partial charge in [-0.25, -0.2) is 4.39 Å². The zero-order valence-corrected chi connectivity index (χ0v) is 10.5. The highest BCUT2D eigenvalue weighted by Crippen LogP contribution is 2.27. The Balaban J connectivity index is 2.07. The minimum atomic E-state index is -0.237. The molecule has 2 N–H and O–H groups in total. The van der Waals surface area contributed by atoms with Gasteiger partial charge in [0.15, 0.2) is 0 Å². The monoisotopic (exact) mass is 237 g/mol. The Morgan fingerprint density at radius 1 is 1.53 bits per heavy atom. The molecule has 1 saturated heterocycles. The van der Waals surface area contributed by atoms with Gasteiger partial charge in [-0.15, -0.1) is 0 Å². The number of nitrogen functional groups attached to an aromatic ring is 1. The average molecular weight is 237 g/mol. The SMILES string of the molecule is CN1CCC(CN(C)c2c(N)cccc2F)C1. The number of rotatable bonds is 3. The van der Waals surface area contributed by atoms with Crippen molar-refractivity contribution in [1.29, 1.82) is 0 Å². The second kappa shape index (κ2) is 4.92. The van der Waals surface area contributed by atoms with E-state index in [1.807, 2.05) is 11.9 Å². The molecule has 0 radical (unpaired) electrons. The summed E-state index contributed by atoms with van der Waals surface area (Å²) in [6.07, 6.45) is 1.18. The minimum absolute atomic E-state index is 0.237. The smallest absolute Gasteiger partial charge is 0.148 e. The number of likely N-dealkylation sites (tertiary alicyclic amines) is 1. The summed E-state index contributed by atoms with van der Waals surface area (Å²) < 4.78 is 13.7. The van der Waals surface area contributed by atoms with Crippen molar-refractivity contribution in [1.82, 2.24) is 4.90 Å². The van der Waals surface area contributed by atoms with Gasteiger partial charge in [0, 0.05) is 20.1 Å².